The van der Waals surface area contributed by atoms with E-state index < -0.39 is 0 Å². The summed E-state index contributed by atoms with van der Waals surface area (Å²) in [7, 11) is 0. The molecule has 6 nitrogen and oxygen atoms in total. The molecule has 128 valence electrons. The first-order valence-electron chi connectivity index (χ1n) is 7.62. The predicted molar refractivity (Wildman–Crippen MR) is 84.5 cm³/mol. The van der Waals surface area contributed by atoms with Gasteiger partial charge in [-0.05, 0) is 30.2 Å². The van der Waals surface area contributed by atoms with Crippen LogP contribution in [0.2, 0.25) is 0 Å². The molecule has 0 saturated carbocycles. The normalized spacial score (nSPS) is 10.3. The van der Waals surface area contributed by atoms with E-state index in [0.717, 1.165) is 0 Å². The van der Waals surface area contributed by atoms with Crippen LogP contribution in [-0.4, -0.2) is 38.4 Å². The molecule has 0 aromatic heterocycles. The number of carbonyl (C=O) groups is 2. The van der Waals surface area contributed by atoms with E-state index in [-0.39, 0.29) is 31.1 Å². The van der Waals surface area contributed by atoms with Gasteiger partial charge in [0.1, 0.15) is 37.9 Å². The first-order valence-corrected chi connectivity index (χ1v) is 7.62. The molecule has 1 aromatic carbocycles. The Labute approximate surface area is 136 Å². The lowest BCUT2D eigenvalue weighted by Crippen LogP contribution is -2.13. The number of esters is 2. The minimum absolute atomic E-state index is 0.208. The molecule has 0 N–H and O–H groups in total. The third-order valence-electron chi connectivity index (χ3n) is 2.67. The van der Waals surface area contributed by atoms with Crippen LogP contribution in [0.25, 0.3) is 0 Å². The van der Waals surface area contributed by atoms with Gasteiger partial charge in [-0.1, -0.05) is 13.8 Å². The van der Waals surface area contributed by atoms with Gasteiger partial charge in [0.05, 0.1) is 0 Å². The van der Waals surface area contributed by atoms with Crippen molar-refractivity contribution in [2.24, 2.45) is 5.92 Å². The number of hydrogen-bond donors (Lipinski definition) is 0. The highest BCUT2D eigenvalue weighted by atomic mass is 16.6. The van der Waals surface area contributed by atoms with Crippen LogP contribution in [0.4, 0.5) is 0 Å². The molecule has 6 heteroatoms. The first kappa shape index (κ1) is 18.8. The van der Waals surface area contributed by atoms with Crippen LogP contribution in [0.15, 0.2) is 24.3 Å². The Balaban J connectivity index is 2.18. The summed E-state index contributed by atoms with van der Waals surface area (Å²) in [4.78, 5) is 21.9. The fourth-order valence-electron chi connectivity index (χ4n) is 1.68. The lowest BCUT2D eigenvalue weighted by atomic mass is 10.1. The molecule has 0 spiro atoms. The maximum atomic E-state index is 11.4. The zero-order valence-electron chi connectivity index (χ0n) is 13.9. The molecular weight excluding hydrogens is 300 g/mol. The summed E-state index contributed by atoms with van der Waals surface area (Å²) in [6.07, 6.45) is 0.416. The Morgan fingerprint density at radius 1 is 0.870 bits per heavy atom. The van der Waals surface area contributed by atoms with Crippen LogP contribution in [0.1, 0.15) is 27.2 Å². The van der Waals surface area contributed by atoms with Gasteiger partial charge < -0.3 is 18.9 Å². The van der Waals surface area contributed by atoms with Crippen LogP contribution in [-0.2, 0) is 19.1 Å². The number of ether oxygens (including phenoxy) is 4. The molecular formula is C17H24O6. The summed E-state index contributed by atoms with van der Waals surface area (Å²) in [5, 5.41) is 0. The molecule has 0 aliphatic carbocycles. The number of hydrogen-bond acceptors (Lipinski definition) is 6. The predicted octanol–water partition coefficient (Wildman–Crippen LogP) is 2.60. The Morgan fingerprint density at radius 3 is 1.78 bits per heavy atom. The molecule has 0 amide bonds. The van der Waals surface area contributed by atoms with Gasteiger partial charge in [-0.25, -0.2) is 0 Å². The monoisotopic (exact) mass is 324 g/mol. The van der Waals surface area contributed by atoms with Gasteiger partial charge in [-0.2, -0.15) is 0 Å². The Hall–Kier alpha value is -2.24. The third kappa shape index (κ3) is 9.39. The highest BCUT2D eigenvalue weighted by Crippen LogP contribution is 2.17. The van der Waals surface area contributed by atoms with E-state index in [1.165, 1.54) is 6.92 Å². The van der Waals surface area contributed by atoms with E-state index in [4.69, 9.17) is 18.9 Å². The summed E-state index contributed by atoms with van der Waals surface area (Å²) in [6.45, 7) is 6.33. The molecule has 1 aromatic rings. The topological polar surface area (TPSA) is 71.1 Å². The van der Waals surface area contributed by atoms with E-state index in [0.29, 0.717) is 31.1 Å². The third-order valence-corrected chi connectivity index (χ3v) is 2.67. The van der Waals surface area contributed by atoms with Crippen LogP contribution in [0.3, 0.4) is 0 Å². The van der Waals surface area contributed by atoms with Gasteiger partial charge in [0.2, 0.25) is 0 Å². The van der Waals surface area contributed by atoms with Gasteiger partial charge in [-0.3, -0.25) is 9.59 Å². The molecule has 23 heavy (non-hydrogen) atoms. The molecule has 0 bridgehead atoms. The summed E-state index contributed by atoms with van der Waals surface area (Å²) in [5.41, 5.74) is 0. The largest absolute Gasteiger partial charge is 0.490 e. The van der Waals surface area contributed by atoms with Crippen LogP contribution in [0, 0.1) is 5.92 Å². The zero-order chi connectivity index (χ0) is 17.1. The zero-order valence-corrected chi connectivity index (χ0v) is 13.9. The van der Waals surface area contributed by atoms with Gasteiger partial charge >= 0.3 is 11.9 Å². The summed E-state index contributed by atoms with van der Waals surface area (Å²) >= 11 is 0. The minimum atomic E-state index is -0.327. The van der Waals surface area contributed by atoms with Gasteiger partial charge in [0.25, 0.3) is 0 Å². The fourth-order valence-corrected chi connectivity index (χ4v) is 1.68. The summed E-state index contributed by atoms with van der Waals surface area (Å²) in [6, 6.07) is 7.04. The van der Waals surface area contributed by atoms with E-state index in [2.05, 4.69) is 0 Å². The van der Waals surface area contributed by atoms with Crippen molar-refractivity contribution in [3.63, 3.8) is 0 Å². The molecule has 0 atom stereocenters. The van der Waals surface area contributed by atoms with Crippen LogP contribution >= 0.6 is 0 Å². The number of carbonyl (C=O) groups excluding carboxylic acids is 2. The average molecular weight is 324 g/mol. The van der Waals surface area contributed by atoms with E-state index >= 15 is 0 Å². The van der Waals surface area contributed by atoms with Crippen molar-refractivity contribution in [2.75, 3.05) is 26.4 Å². The highest BCUT2D eigenvalue weighted by Gasteiger charge is 2.05. The van der Waals surface area contributed by atoms with Crippen LogP contribution < -0.4 is 9.47 Å². The molecule has 0 fully saturated rings. The highest BCUT2D eigenvalue weighted by molar-refractivity contribution is 5.69. The number of rotatable bonds is 10. The number of benzene rings is 1. The fraction of sp³-hybridized carbons (Fsp3) is 0.529. The van der Waals surface area contributed by atoms with Gasteiger partial charge in [0.15, 0.2) is 0 Å². The van der Waals surface area contributed by atoms with Crippen molar-refractivity contribution in [2.45, 2.75) is 27.2 Å². The van der Waals surface area contributed by atoms with Crippen LogP contribution in [0.5, 0.6) is 11.5 Å². The molecule has 0 saturated heterocycles. The lowest BCUT2D eigenvalue weighted by molar-refractivity contribution is -0.145. The van der Waals surface area contributed by atoms with Gasteiger partial charge in [-0.15, -0.1) is 0 Å². The van der Waals surface area contributed by atoms with Crippen molar-refractivity contribution in [3.8, 4) is 11.5 Å². The summed E-state index contributed by atoms with van der Waals surface area (Å²) in [5.74, 6) is 1.08. The SMILES string of the molecule is CC(=O)OCCOc1ccc(OCCOC(=O)CC(C)C)cc1. The second-order valence-electron chi connectivity index (χ2n) is 5.33. The maximum Gasteiger partial charge on any atom is 0.306 e. The second-order valence-corrected chi connectivity index (χ2v) is 5.33. The van der Waals surface area contributed by atoms with Crippen molar-refractivity contribution < 1.29 is 28.5 Å². The Morgan fingerprint density at radius 2 is 1.35 bits per heavy atom. The van der Waals surface area contributed by atoms with E-state index in [1.54, 1.807) is 24.3 Å². The Kier molecular flexibility index (Phi) is 8.57. The lowest BCUT2D eigenvalue weighted by Gasteiger charge is -2.10. The van der Waals surface area contributed by atoms with Crippen molar-refractivity contribution >= 4 is 11.9 Å². The minimum Gasteiger partial charge on any atom is -0.490 e. The van der Waals surface area contributed by atoms with Crippen molar-refractivity contribution in [1.29, 1.82) is 0 Å². The molecule has 0 radical (unpaired) electrons. The summed E-state index contributed by atoms with van der Waals surface area (Å²) < 4.78 is 20.7. The quantitative estimate of drug-likeness (QED) is 0.487. The molecule has 0 aliphatic heterocycles. The Bertz CT molecular complexity index is 480. The van der Waals surface area contributed by atoms with E-state index in [1.807, 2.05) is 13.8 Å². The smallest absolute Gasteiger partial charge is 0.306 e. The molecule has 0 heterocycles. The van der Waals surface area contributed by atoms with E-state index in [9.17, 15) is 9.59 Å². The molecule has 1 rings (SSSR count). The maximum absolute atomic E-state index is 11.4. The second kappa shape index (κ2) is 10.5. The standard InChI is InChI=1S/C17H24O6/c1-13(2)12-17(19)23-11-10-22-16-6-4-15(5-7-16)21-9-8-20-14(3)18/h4-7,13H,8-12H2,1-3H3. The van der Waals surface area contributed by atoms with Gasteiger partial charge in [0, 0.05) is 13.3 Å². The average Bonchev–Trinajstić information content (AvgIpc) is 2.48. The molecule has 0 aliphatic rings. The van der Waals surface area contributed by atoms with Crippen molar-refractivity contribution in [3.05, 3.63) is 24.3 Å². The molecule has 0 unspecified atom stereocenters. The van der Waals surface area contributed by atoms with Crippen molar-refractivity contribution in [1.82, 2.24) is 0 Å². The first-order chi connectivity index (χ1) is 11.0.